The number of para-hydroxylation sites is 2. The summed E-state index contributed by atoms with van der Waals surface area (Å²) >= 11 is 0. The number of fused-ring (bicyclic) bond motifs is 13. The van der Waals surface area contributed by atoms with Gasteiger partial charge in [0, 0.05) is 39.4 Å². The van der Waals surface area contributed by atoms with Crippen LogP contribution in [0.3, 0.4) is 0 Å². The summed E-state index contributed by atoms with van der Waals surface area (Å²) in [5, 5.41) is 0. The molecule has 2 heteroatoms. The van der Waals surface area contributed by atoms with Crippen molar-refractivity contribution in [2.24, 2.45) is 0 Å². The fourth-order valence-electron chi connectivity index (χ4n) is 11.8. The van der Waals surface area contributed by atoms with Gasteiger partial charge in [-0.05, 0) is 139 Å². The molecule has 0 radical (unpaired) electrons. The SMILES string of the molecule is CC1(C)c2ccccc2-c2c(N(c3cccc(-c4ccccc4)c3)c3ccc4c(c3)C3(c5ccccc5-c5ccc(N(c6ccccc6)c6ccccc6)cc53)c3ccccc3-4)cccc21. The van der Waals surface area contributed by atoms with E-state index in [4.69, 9.17) is 0 Å². The molecular weight excluding hydrogens is 797 g/mol. The van der Waals surface area contributed by atoms with Crippen molar-refractivity contribution in [2.45, 2.75) is 24.7 Å². The molecule has 2 nitrogen and oxygen atoms in total. The molecule has 0 amide bonds. The van der Waals surface area contributed by atoms with Crippen LogP contribution in [0.1, 0.15) is 47.2 Å². The van der Waals surface area contributed by atoms with Crippen molar-refractivity contribution in [1.82, 2.24) is 0 Å². The number of anilines is 6. The lowest BCUT2D eigenvalue weighted by Gasteiger charge is -2.34. The molecule has 0 heterocycles. The number of nitrogens with zero attached hydrogens (tertiary/aromatic N) is 2. The van der Waals surface area contributed by atoms with Gasteiger partial charge in [-0.2, -0.15) is 0 Å². The first-order chi connectivity index (χ1) is 32.5. The monoisotopic (exact) mass is 842 g/mol. The second-order valence-corrected chi connectivity index (χ2v) is 18.4. The van der Waals surface area contributed by atoms with E-state index in [1.807, 2.05) is 0 Å². The lowest BCUT2D eigenvalue weighted by molar-refractivity contribution is 0.660. The molecule has 0 aromatic heterocycles. The molecule has 0 saturated heterocycles. The van der Waals surface area contributed by atoms with Gasteiger partial charge < -0.3 is 9.80 Å². The maximum absolute atomic E-state index is 2.53. The highest BCUT2D eigenvalue weighted by molar-refractivity contribution is 6.00. The first-order valence-corrected chi connectivity index (χ1v) is 23.1. The Morgan fingerprint density at radius 3 is 1.30 bits per heavy atom. The molecule has 3 aliphatic carbocycles. The van der Waals surface area contributed by atoms with Crippen molar-refractivity contribution in [3.8, 4) is 44.5 Å². The zero-order valence-electron chi connectivity index (χ0n) is 37.0. The molecule has 0 aliphatic heterocycles. The highest BCUT2D eigenvalue weighted by atomic mass is 15.2. The number of hydrogen-bond acceptors (Lipinski definition) is 2. The van der Waals surface area contributed by atoms with Crippen LogP contribution in [-0.4, -0.2) is 0 Å². The average molecular weight is 843 g/mol. The summed E-state index contributed by atoms with van der Waals surface area (Å²) in [4.78, 5) is 4.93. The molecule has 1 atom stereocenters. The predicted molar refractivity (Wildman–Crippen MR) is 275 cm³/mol. The van der Waals surface area contributed by atoms with Crippen LogP contribution in [0.25, 0.3) is 44.5 Å². The van der Waals surface area contributed by atoms with Gasteiger partial charge in [-0.25, -0.2) is 0 Å². The minimum atomic E-state index is -0.576. The van der Waals surface area contributed by atoms with Crippen LogP contribution < -0.4 is 9.80 Å². The fourth-order valence-corrected chi connectivity index (χ4v) is 11.8. The van der Waals surface area contributed by atoms with E-state index in [9.17, 15) is 0 Å². The van der Waals surface area contributed by atoms with Gasteiger partial charge in [0.25, 0.3) is 0 Å². The van der Waals surface area contributed by atoms with Crippen LogP contribution >= 0.6 is 0 Å². The third-order valence-electron chi connectivity index (χ3n) is 14.6. The normalized spacial score (nSPS) is 15.3. The minimum absolute atomic E-state index is 0.147. The second kappa shape index (κ2) is 14.7. The average Bonchev–Trinajstić information content (AvgIpc) is 3.93. The Balaban J connectivity index is 1.09. The van der Waals surface area contributed by atoms with Gasteiger partial charge in [-0.3, -0.25) is 0 Å². The summed E-state index contributed by atoms with van der Waals surface area (Å²) in [7, 11) is 0. The van der Waals surface area contributed by atoms with Crippen molar-refractivity contribution in [2.75, 3.05) is 9.80 Å². The molecule has 10 aromatic carbocycles. The van der Waals surface area contributed by atoms with Gasteiger partial charge in [0.1, 0.15) is 0 Å². The number of benzene rings is 10. The lowest BCUT2D eigenvalue weighted by atomic mass is 9.70. The molecule has 1 spiro atoms. The molecule has 0 fully saturated rings. The van der Waals surface area contributed by atoms with Gasteiger partial charge in [-0.15, -0.1) is 0 Å². The maximum atomic E-state index is 2.53. The van der Waals surface area contributed by atoms with Crippen molar-refractivity contribution in [3.05, 3.63) is 276 Å². The topological polar surface area (TPSA) is 6.48 Å². The van der Waals surface area contributed by atoms with Crippen molar-refractivity contribution >= 4 is 34.1 Å². The van der Waals surface area contributed by atoms with Gasteiger partial charge in [-0.1, -0.05) is 190 Å². The minimum Gasteiger partial charge on any atom is -0.310 e. The van der Waals surface area contributed by atoms with E-state index in [1.54, 1.807) is 0 Å². The van der Waals surface area contributed by atoms with E-state index in [0.717, 1.165) is 28.4 Å². The molecule has 312 valence electrons. The Labute approximate surface area is 387 Å². The fraction of sp³-hybridized carbons (Fsp3) is 0.0625. The molecule has 0 saturated carbocycles. The van der Waals surface area contributed by atoms with Crippen LogP contribution in [0, 0.1) is 0 Å². The van der Waals surface area contributed by atoms with E-state index in [2.05, 4.69) is 266 Å². The van der Waals surface area contributed by atoms with E-state index in [1.165, 1.54) is 83.6 Å². The molecule has 66 heavy (non-hydrogen) atoms. The van der Waals surface area contributed by atoms with Crippen LogP contribution in [0.2, 0.25) is 0 Å². The highest BCUT2D eigenvalue weighted by Gasteiger charge is 2.52. The molecular formula is C64H46N2. The Morgan fingerprint density at radius 2 is 0.697 bits per heavy atom. The van der Waals surface area contributed by atoms with E-state index >= 15 is 0 Å². The Kier molecular flexibility index (Phi) is 8.51. The number of hydrogen-bond donors (Lipinski definition) is 0. The summed E-state index contributed by atoms with van der Waals surface area (Å²) in [6.45, 7) is 4.75. The zero-order valence-corrected chi connectivity index (χ0v) is 37.0. The summed E-state index contributed by atoms with van der Waals surface area (Å²) in [5.74, 6) is 0. The van der Waals surface area contributed by atoms with Crippen molar-refractivity contribution < 1.29 is 0 Å². The van der Waals surface area contributed by atoms with Gasteiger partial charge in [0.15, 0.2) is 0 Å². The maximum Gasteiger partial charge on any atom is 0.0727 e. The van der Waals surface area contributed by atoms with Crippen LogP contribution in [0.4, 0.5) is 34.1 Å². The molecule has 0 N–H and O–H groups in total. The molecule has 13 rings (SSSR count). The summed E-state index contributed by atoms with van der Waals surface area (Å²) in [5.41, 5.74) is 24.1. The Morgan fingerprint density at radius 1 is 0.273 bits per heavy atom. The molecule has 1 unspecified atom stereocenters. The summed E-state index contributed by atoms with van der Waals surface area (Å²) in [6.07, 6.45) is 0. The summed E-state index contributed by atoms with van der Waals surface area (Å²) in [6, 6.07) is 90.1. The van der Waals surface area contributed by atoms with Gasteiger partial charge in [0.05, 0.1) is 11.1 Å². The first kappa shape index (κ1) is 38.3. The van der Waals surface area contributed by atoms with E-state index < -0.39 is 5.41 Å². The second-order valence-electron chi connectivity index (χ2n) is 18.4. The van der Waals surface area contributed by atoms with E-state index in [0.29, 0.717) is 0 Å². The predicted octanol–water partition coefficient (Wildman–Crippen LogP) is 16.9. The largest absolute Gasteiger partial charge is 0.310 e. The Hall–Kier alpha value is -8.20. The lowest BCUT2D eigenvalue weighted by Crippen LogP contribution is -2.26. The molecule has 0 bridgehead atoms. The standard InChI is InChI=1S/C64H46N2/c1-63(2)55-31-15-14-30-54(55)62-58(63)34-19-35-61(62)66(47-27-18-22-44(40-47)43-20-6-3-7-21-43)49-37-39-53-51-29-13-17-33-57(51)64(60(53)42-49)56-32-16-12-28-50(56)52-38-36-48(41-59(52)64)65(45-23-8-4-9-24-45)46-25-10-5-11-26-46/h3-42H,1-2H3. The van der Waals surface area contributed by atoms with E-state index in [-0.39, 0.29) is 5.41 Å². The third-order valence-corrected chi connectivity index (χ3v) is 14.6. The number of rotatable bonds is 7. The van der Waals surface area contributed by atoms with Crippen molar-refractivity contribution in [1.29, 1.82) is 0 Å². The van der Waals surface area contributed by atoms with Crippen molar-refractivity contribution in [3.63, 3.8) is 0 Å². The third kappa shape index (κ3) is 5.48. The van der Waals surface area contributed by atoms with Crippen LogP contribution in [-0.2, 0) is 10.8 Å². The quantitative estimate of drug-likeness (QED) is 0.158. The Bertz CT molecular complexity index is 3460. The first-order valence-electron chi connectivity index (χ1n) is 23.1. The highest BCUT2D eigenvalue weighted by Crippen LogP contribution is 2.64. The molecule has 3 aliphatic rings. The summed E-state index contributed by atoms with van der Waals surface area (Å²) < 4.78 is 0. The zero-order chi connectivity index (χ0) is 44.0. The van der Waals surface area contributed by atoms with Gasteiger partial charge >= 0.3 is 0 Å². The smallest absolute Gasteiger partial charge is 0.0727 e. The van der Waals surface area contributed by atoms with Gasteiger partial charge in [0.2, 0.25) is 0 Å². The molecule has 10 aromatic rings. The van der Waals surface area contributed by atoms with Crippen LogP contribution in [0.15, 0.2) is 243 Å². The van der Waals surface area contributed by atoms with Crippen LogP contribution in [0.5, 0.6) is 0 Å².